The maximum atomic E-state index is 12.4. The van der Waals surface area contributed by atoms with Gasteiger partial charge in [0.15, 0.2) is 0 Å². The first kappa shape index (κ1) is 19.3. The molecule has 0 unspecified atom stereocenters. The number of rotatable bonds is 6. The van der Waals surface area contributed by atoms with E-state index in [9.17, 15) is 9.59 Å². The van der Waals surface area contributed by atoms with Crippen LogP contribution in [0.1, 0.15) is 11.1 Å². The van der Waals surface area contributed by atoms with Gasteiger partial charge in [-0.3, -0.25) is 9.59 Å². The highest BCUT2D eigenvalue weighted by atomic mass is 32.2. The molecule has 0 aliphatic rings. The van der Waals surface area contributed by atoms with Crippen molar-refractivity contribution in [2.75, 3.05) is 24.7 Å². The molecule has 2 aromatic heterocycles. The number of benzene rings is 1. The Balaban J connectivity index is 1.55. The number of hydrogen-bond acceptors (Lipinski definition) is 6. The van der Waals surface area contributed by atoms with Crippen LogP contribution in [0.15, 0.2) is 41.0 Å². The van der Waals surface area contributed by atoms with Gasteiger partial charge in [-0.25, -0.2) is 9.97 Å². The lowest BCUT2D eigenvalue weighted by Crippen LogP contribution is -2.36. The highest BCUT2D eigenvalue weighted by Crippen LogP contribution is 2.27. The van der Waals surface area contributed by atoms with Crippen LogP contribution in [-0.2, 0) is 9.59 Å². The molecule has 1 N–H and O–H groups in total. The Hall–Kier alpha value is -2.45. The predicted octanol–water partition coefficient (Wildman–Crippen LogP) is 3.50. The molecule has 8 heteroatoms. The molecule has 0 radical (unpaired) electrons. The minimum Gasteiger partial charge on any atom is -0.336 e. The molecule has 1 aromatic carbocycles. The van der Waals surface area contributed by atoms with Gasteiger partial charge in [-0.05, 0) is 42.5 Å². The van der Waals surface area contributed by atoms with E-state index in [1.807, 2.05) is 43.5 Å². The van der Waals surface area contributed by atoms with Crippen LogP contribution in [0.5, 0.6) is 0 Å². The topological polar surface area (TPSA) is 75.2 Å². The summed E-state index contributed by atoms with van der Waals surface area (Å²) >= 11 is 2.90. The Morgan fingerprint density at radius 1 is 1.22 bits per heavy atom. The first-order valence-corrected chi connectivity index (χ1v) is 10.2. The van der Waals surface area contributed by atoms with E-state index in [0.29, 0.717) is 0 Å². The van der Waals surface area contributed by atoms with Crippen molar-refractivity contribution in [3.63, 3.8) is 0 Å². The van der Waals surface area contributed by atoms with Crippen molar-refractivity contribution in [1.29, 1.82) is 0 Å². The van der Waals surface area contributed by atoms with Crippen molar-refractivity contribution in [3.05, 3.63) is 47.1 Å². The highest BCUT2D eigenvalue weighted by Gasteiger charge is 2.15. The van der Waals surface area contributed by atoms with Crippen LogP contribution >= 0.6 is 23.1 Å². The maximum absolute atomic E-state index is 12.4. The summed E-state index contributed by atoms with van der Waals surface area (Å²) < 4.78 is 0. The number of anilines is 1. The summed E-state index contributed by atoms with van der Waals surface area (Å²) in [4.78, 5) is 35.4. The molecule has 2 heterocycles. The zero-order valence-electron chi connectivity index (χ0n) is 15.4. The molecule has 3 aromatic rings. The van der Waals surface area contributed by atoms with E-state index in [1.165, 1.54) is 23.0 Å². The van der Waals surface area contributed by atoms with E-state index in [4.69, 9.17) is 0 Å². The third kappa shape index (κ3) is 4.84. The molecule has 0 fully saturated rings. The number of carbonyl (C=O) groups excluding carboxylic acids is 2. The quantitative estimate of drug-likeness (QED) is 0.506. The number of carbonyl (C=O) groups is 2. The molecule has 27 heavy (non-hydrogen) atoms. The van der Waals surface area contributed by atoms with Crippen molar-refractivity contribution in [1.82, 2.24) is 14.9 Å². The molecule has 140 valence electrons. The van der Waals surface area contributed by atoms with E-state index in [-0.39, 0.29) is 24.1 Å². The third-order valence-electron chi connectivity index (χ3n) is 4.03. The van der Waals surface area contributed by atoms with E-state index in [0.717, 1.165) is 32.1 Å². The number of aryl methyl sites for hydroxylation is 2. The summed E-state index contributed by atoms with van der Waals surface area (Å²) in [6.07, 6.45) is 1.51. The van der Waals surface area contributed by atoms with Gasteiger partial charge in [0.05, 0.1) is 12.3 Å². The SMILES string of the molecule is Cc1ccc(C)c(NC(=O)CN(C)C(=O)CSc2ncnc3sccc23)c1. The van der Waals surface area contributed by atoms with Crippen LogP contribution in [0.4, 0.5) is 5.69 Å². The van der Waals surface area contributed by atoms with E-state index >= 15 is 0 Å². The molecule has 0 spiro atoms. The number of thiophene rings is 1. The van der Waals surface area contributed by atoms with Crippen LogP contribution in [0.25, 0.3) is 10.2 Å². The van der Waals surface area contributed by atoms with Crippen molar-refractivity contribution >= 4 is 50.8 Å². The Kier molecular flexibility index (Phi) is 6.08. The Bertz CT molecular complexity index is 987. The fraction of sp³-hybridized carbons (Fsp3) is 0.263. The summed E-state index contributed by atoms with van der Waals surface area (Å²) in [5.41, 5.74) is 2.83. The summed E-state index contributed by atoms with van der Waals surface area (Å²) in [6.45, 7) is 3.91. The number of nitrogens with zero attached hydrogens (tertiary/aromatic N) is 3. The maximum Gasteiger partial charge on any atom is 0.243 e. The minimum atomic E-state index is -0.216. The molecule has 0 aliphatic carbocycles. The molecule has 2 amide bonds. The van der Waals surface area contributed by atoms with Gasteiger partial charge in [-0.15, -0.1) is 11.3 Å². The Morgan fingerprint density at radius 2 is 2.04 bits per heavy atom. The number of nitrogens with one attached hydrogen (secondary N) is 1. The number of amides is 2. The zero-order chi connectivity index (χ0) is 19.4. The molecular weight excluding hydrogens is 380 g/mol. The molecule has 0 bridgehead atoms. The lowest BCUT2D eigenvalue weighted by atomic mass is 10.1. The van der Waals surface area contributed by atoms with Crippen molar-refractivity contribution < 1.29 is 9.59 Å². The fourth-order valence-electron chi connectivity index (χ4n) is 2.49. The summed E-state index contributed by atoms with van der Waals surface area (Å²) in [5.74, 6) is -0.125. The lowest BCUT2D eigenvalue weighted by Gasteiger charge is -2.17. The van der Waals surface area contributed by atoms with Gasteiger partial charge in [0.2, 0.25) is 11.8 Å². The van der Waals surface area contributed by atoms with Crippen molar-refractivity contribution in [3.8, 4) is 0 Å². The second-order valence-corrected chi connectivity index (χ2v) is 8.08. The van der Waals surface area contributed by atoms with Crippen LogP contribution in [0, 0.1) is 13.8 Å². The van der Waals surface area contributed by atoms with Gasteiger partial charge in [0, 0.05) is 18.1 Å². The van der Waals surface area contributed by atoms with Crippen LogP contribution in [0.3, 0.4) is 0 Å². The number of aromatic nitrogens is 2. The average Bonchev–Trinajstić information content (AvgIpc) is 3.12. The van der Waals surface area contributed by atoms with Crippen molar-refractivity contribution in [2.45, 2.75) is 18.9 Å². The second kappa shape index (κ2) is 8.49. The lowest BCUT2D eigenvalue weighted by molar-refractivity contribution is -0.131. The highest BCUT2D eigenvalue weighted by molar-refractivity contribution is 8.00. The summed E-state index contributed by atoms with van der Waals surface area (Å²) in [5, 5.41) is 6.56. The Labute approximate surface area is 166 Å². The van der Waals surface area contributed by atoms with Gasteiger partial charge in [-0.1, -0.05) is 23.9 Å². The van der Waals surface area contributed by atoms with Crippen LogP contribution < -0.4 is 5.32 Å². The van der Waals surface area contributed by atoms with E-state index in [1.54, 1.807) is 18.4 Å². The zero-order valence-corrected chi connectivity index (χ0v) is 17.0. The number of thioether (sulfide) groups is 1. The molecule has 0 aliphatic heterocycles. The molecule has 0 atom stereocenters. The number of likely N-dealkylation sites (N-methyl/N-ethyl adjacent to an activating group) is 1. The monoisotopic (exact) mass is 400 g/mol. The standard InChI is InChI=1S/C19H20N4O2S2/c1-12-4-5-13(2)15(8-12)22-16(24)9-23(3)17(25)10-27-19-14-6-7-26-18(14)20-11-21-19/h4-8,11H,9-10H2,1-3H3,(H,22,24). The van der Waals surface area contributed by atoms with Crippen LogP contribution in [0.2, 0.25) is 0 Å². The normalized spacial score (nSPS) is 10.8. The van der Waals surface area contributed by atoms with Crippen LogP contribution in [-0.4, -0.2) is 46.0 Å². The first-order chi connectivity index (χ1) is 12.9. The average molecular weight is 401 g/mol. The van der Waals surface area contributed by atoms with Gasteiger partial charge in [0.1, 0.15) is 16.2 Å². The van der Waals surface area contributed by atoms with Gasteiger partial charge >= 0.3 is 0 Å². The van der Waals surface area contributed by atoms with Gasteiger partial charge < -0.3 is 10.2 Å². The minimum absolute atomic E-state index is 0.00438. The molecule has 6 nitrogen and oxygen atoms in total. The second-order valence-electron chi connectivity index (χ2n) is 6.22. The molecule has 0 saturated carbocycles. The van der Waals surface area contributed by atoms with Gasteiger partial charge in [0.25, 0.3) is 0 Å². The first-order valence-electron chi connectivity index (χ1n) is 8.36. The number of hydrogen-bond donors (Lipinski definition) is 1. The summed E-state index contributed by atoms with van der Waals surface area (Å²) in [7, 11) is 1.63. The van der Waals surface area contributed by atoms with E-state index < -0.39 is 0 Å². The largest absolute Gasteiger partial charge is 0.336 e. The molecular formula is C19H20N4O2S2. The number of fused-ring (bicyclic) bond motifs is 1. The van der Waals surface area contributed by atoms with Gasteiger partial charge in [-0.2, -0.15) is 0 Å². The summed E-state index contributed by atoms with van der Waals surface area (Å²) in [6, 6.07) is 7.83. The Morgan fingerprint density at radius 3 is 2.85 bits per heavy atom. The van der Waals surface area contributed by atoms with E-state index in [2.05, 4.69) is 15.3 Å². The molecule has 3 rings (SSSR count). The predicted molar refractivity (Wildman–Crippen MR) is 110 cm³/mol. The fourth-order valence-corrected chi connectivity index (χ4v) is 4.21. The third-order valence-corrected chi connectivity index (χ3v) is 5.84. The molecule has 0 saturated heterocycles. The smallest absolute Gasteiger partial charge is 0.243 e. The van der Waals surface area contributed by atoms with Crippen molar-refractivity contribution in [2.24, 2.45) is 0 Å².